The highest BCUT2D eigenvalue weighted by Crippen LogP contribution is 2.20. The first-order valence-electron chi connectivity index (χ1n) is 7.31. The minimum absolute atomic E-state index is 0.0232. The maximum Gasteiger partial charge on any atom is 0.246 e. The lowest BCUT2D eigenvalue weighted by molar-refractivity contribution is -0.138. The smallest absolute Gasteiger partial charge is 0.246 e. The Morgan fingerprint density at radius 2 is 2.11 bits per heavy atom. The molecule has 2 fully saturated rings. The third kappa shape index (κ3) is 3.15. The van der Waals surface area contributed by atoms with Crippen LogP contribution >= 0.6 is 0 Å². The van der Waals surface area contributed by atoms with Crippen LogP contribution in [0.3, 0.4) is 0 Å². The van der Waals surface area contributed by atoms with Crippen molar-refractivity contribution in [2.24, 2.45) is 5.92 Å². The van der Waals surface area contributed by atoms with E-state index in [4.69, 9.17) is 0 Å². The van der Waals surface area contributed by atoms with Crippen molar-refractivity contribution in [3.63, 3.8) is 0 Å². The number of hydrogen-bond acceptors (Lipinski definition) is 4. The number of nitrogens with zero attached hydrogens (tertiary/aromatic N) is 2. The van der Waals surface area contributed by atoms with Gasteiger partial charge in [0.2, 0.25) is 11.8 Å². The minimum atomic E-state index is -0.296. The summed E-state index contributed by atoms with van der Waals surface area (Å²) in [5.41, 5.74) is 0. The molecular formula is C14H25N3O2. The molecule has 2 amide bonds. The Morgan fingerprint density at radius 3 is 2.74 bits per heavy atom. The molecule has 19 heavy (non-hydrogen) atoms. The van der Waals surface area contributed by atoms with Crippen molar-refractivity contribution in [2.45, 2.75) is 45.2 Å². The second kappa shape index (κ2) is 6.01. The molecule has 2 heterocycles. The third-order valence-electron chi connectivity index (χ3n) is 4.21. The number of carbonyl (C=O) groups is 2. The SMILES string of the molecule is CCCN1C(=O)CC(NC2CCN(C)CC2C)C1=O. The second-order valence-electron chi connectivity index (χ2n) is 5.94. The molecule has 0 aromatic heterocycles. The topological polar surface area (TPSA) is 52.7 Å². The van der Waals surface area contributed by atoms with Gasteiger partial charge >= 0.3 is 0 Å². The summed E-state index contributed by atoms with van der Waals surface area (Å²) >= 11 is 0. The summed E-state index contributed by atoms with van der Waals surface area (Å²) in [4.78, 5) is 27.7. The number of hydrogen-bond donors (Lipinski definition) is 1. The van der Waals surface area contributed by atoms with E-state index in [0.717, 1.165) is 25.9 Å². The zero-order chi connectivity index (χ0) is 14.0. The quantitative estimate of drug-likeness (QED) is 0.752. The lowest BCUT2D eigenvalue weighted by Crippen LogP contribution is -2.52. The summed E-state index contributed by atoms with van der Waals surface area (Å²) in [5, 5.41) is 3.42. The lowest BCUT2D eigenvalue weighted by Gasteiger charge is -2.36. The van der Waals surface area contributed by atoms with E-state index in [1.165, 1.54) is 4.90 Å². The Morgan fingerprint density at radius 1 is 1.37 bits per heavy atom. The number of rotatable bonds is 4. The maximum atomic E-state index is 12.2. The summed E-state index contributed by atoms with van der Waals surface area (Å²) in [6.45, 7) is 6.85. The second-order valence-corrected chi connectivity index (χ2v) is 5.94. The molecule has 2 saturated heterocycles. The summed E-state index contributed by atoms with van der Waals surface area (Å²) < 4.78 is 0. The molecule has 1 N–H and O–H groups in total. The van der Waals surface area contributed by atoms with Gasteiger partial charge in [-0.3, -0.25) is 14.5 Å². The van der Waals surface area contributed by atoms with Crippen LogP contribution in [-0.4, -0.2) is 60.4 Å². The molecule has 5 nitrogen and oxygen atoms in total. The molecule has 0 aromatic rings. The van der Waals surface area contributed by atoms with Crippen LogP contribution in [0.15, 0.2) is 0 Å². The molecule has 0 saturated carbocycles. The highest BCUT2D eigenvalue weighted by atomic mass is 16.2. The van der Waals surface area contributed by atoms with Gasteiger partial charge in [0.1, 0.15) is 0 Å². The molecule has 0 bridgehead atoms. The van der Waals surface area contributed by atoms with E-state index in [2.05, 4.69) is 24.2 Å². The molecule has 3 unspecified atom stereocenters. The molecule has 5 heteroatoms. The van der Waals surface area contributed by atoms with Crippen molar-refractivity contribution in [2.75, 3.05) is 26.7 Å². The highest BCUT2D eigenvalue weighted by molar-refractivity contribution is 6.05. The monoisotopic (exact) mass is 267 g/mol. The zero-order valence-electron chi connectivity index (χ0n) is 12.2. The van der Waals surface area contributed by atoms with Gasteiger partial charge in [-0.1, -0.05) is 13.8 Å². The van der Waals surface area contributed by atoms with Gasteiger partial charge in [0.05, 0.1) is 12.5 Å². The Balaban J connectivity index is 1.93. The number of imide groups is 1. The van der Waals surface area contributed by atoms with Crippen molar-refractivity contribution in [1.82, 2.24) is 15.1 Å². The van der Waals surface area contributed by atoms with Crippen LogP contribution in [0.5, 0.6) is 0 Å². The predicted octanol–water partition coefficient (Wildman–Crippen LogP) is 0.454. The number of likely N-dealkylation sites (tertiary alicyclic amines) is 2. The normalized spacial score (nSPS) is 33.2. The Kier molecular flexibility index (Phi) is 4.58. The van der Waals surface area contributed by atoms with Crippen LogP contribution in [0.1, 0.15) is 33.1 Å². The summed E-state index contributed by atoms with van der Waals surface area (Å²) in [7, 11) is 2.12. The molecule has 108 valence electrons. The first-order valence-corrected chi connectivity index (χ1v) is 7.31. The molecular weight excluding hydrogens is 242 g/mol. The van der Waals surface area contributed by atoms with Gasteiger partial charge in [-0.05, 0) is 32.4 Å². The summed E-state index contributed by atoms with van der Waals surface area (Å²) in [5.74, 6) is 0.463. The summed E-state index contributed by atoms with van der Waals surface area (Å²) in [6, 6.07) is 0.0504. The summed E-state index contributed by atoms with van der Waals surface area (Å²) in [6.07, 6.45) is 2.20. The first-order chi connectivity index (χ1) is 9.02. The van der Waals surface area contributed by atoms with Crippen LogP contribution in [0.4, 0.5) is 0 Å². The van der Waals surface area contributed by atoms with Gasteiger partial charge < -0.3 is 10.2 Å². The average molecular weight is 267 g/mol. The third-order valence-corrected chi connectivity index (χ3v) is 4.21. The van der Waals surface area contributed by atoms with Crippen LogP contribution in [0, 0.1) is 5.92 Å². The van der Waals surface area contributed by atoms with E-state index in [0.29, 0.717) is 24.9 Å². The van der Waals surface area contributed by atoms with Gasteiger partial charge in [0, 0.05) is 19.1 Å². The van der Waals surface area contributed by atoms with Crippen LogP contribution in [0.2, 0.25) is 0 Å². The molecule has 0 radical (unpaired) electrons. The Bertz CT molecular complexity index is 359. The van der Waals surface area contributed by atoms with E-state index in [9.17, 15) is 9.59 Å². The number of carbonyl (C=O) groups excluding carboxylic acids is 2. The Hall–Kier alpha value is -0.940. The van der Waals surface area contributed by atoms with E-state index in [1.807, 2.05) is 6.92 Å². The molecule has 0 spiro atoms. The molecule has 2 aliphatic heterocycles. The fourth-order valence-corrected chi connectivity index (χ4v) is 3.13. The molecule has 0 aliphatic carbocycles. The van der Waals surface area contributed by atoms with Crippen LogP contribution in [-0.2, 0) is 9.59 Å². The molecule has 2 aliphatic rings. The van der Waals surface area contributed by atoms with Gasteiger partial charge in [-0.15, -0.1) is 0 Å². The fraction of sp³-hybridized carbons (Fsp3) is 0.857. The van der Waals surface area contributed by atoms with Gasteiger partial charge in [0.15, 0.2) is 0 Å². The average Bonchev–Trinajstić information content (AvgIpc) is 2.61. The van der Waals surface area contributed by atoms with Crippen molar-refractivity contribution >= 4 is 11.8 Å². The standard InChI is InChI=1S/C14H25N3O2/c1-4-6-17-13(18)8-12(14(17)19)15-11-5-7-16(3)9-10(11)2/h10-12,15H,4-9H2,1-3H3. The van der Waals surface area contributed by atoms with Crippen molar-refractivity contribution in [3.05, 3.63) is 0 Å². The van der Waals surface area contributed by atoms with Crippen LogP contribution in [0.25, 0.3) is 0 Å². The number of piperidine rings is 1. The van der Waals surface area contributed by atoms with E-state index in [1.54, 1.807) is 0 Å². The lowest BCUT2D eigenvalue weighted by atomic mass is 9.93. The van der Waals surface area contributed by atoms with Gasteiger partial charge in [0.25, 0.3) is 0 Å². The zero-order valence-corrected chi connectivity index (χ0v) is 12.2. The minimum Gasteiger partial charge on any atom is -0.306 e. The van der Waals surface area contributed by atoms with E-state index >= 15 is 0 Å². The number of amides is 2. The largest absolute Gasteiger partial charge is 0.306 e. The van der Waals surface area contributed by atoms with Crippen molar-refractivity contribution in [3.8, 4) is 0 Å². The maximum absolute atomic E-state index is 12.2. The predicted molar refractivity (Wildman–Crippen MR) is 73.6 cm³/mol. The van der Waals surface area contributed by atoms with Crippen molar-refractivity contribution < 1.29 is 9.59 Å². The van der Waals surface area contributed by atoms with Gasteiger partial charge in [-0.25, -0.2) is 0 Å². The Labute approximate surface area is 115 Å². The highest BCUT2D eigenvalue weighted by Gasteiger charge is 2.39. The van der Waals surface area contributed by atoms with E-state index < -0.39 is 0 Å². The fourth-order valence-electron chi connectivity index (χ4n) is 3.13. The van der Waals surface area contributed by atoms with Crippen molar-refractivity contribution in [1.29, 1.82) is 0 Å². The number of nitrogens with one attached hydrogen (secondary N) is 1. The molecule has 0 aromatic carbocycles. The molecule has 3 atom stereocenters. The van der Waals surface area contributed by atoms with Gasteiger partial charge in [-0.2, -0.15) is 0 Å². The van der Waals surface area contributed by atoms with Crippen LogP contribution < -0.4 is 5.32 Å². The first kappa shape index (κ1) is 14.5. The van der Waals surface area contributed by atoms with E-state index in [-0.39, 0.29) is 17.9 Å². The molecule has 2 rings (SSSR count).